The van der Waals surface area contributed by atoms with Gasteiger partial charge in [0.15, 0.2) is 0 Å². The van der Waals surface area contributed by atoms with Gasteiger partial charge in [-0.15, -0.1) is 0 Å². The number of anilines is 3. The van der Waals surface area contributed by atoms with E-state index in [1.165, 1.54) is 87.5 Å². The second-order valence-electron chi connectivity index (χ2n) is 17.3. The molecule has 0 fully saturated rings. The summed E-state index contributed by atoms with van der Waals surface area (Å²) >= 11 is 0. The minimum atomic E-state index is 1.08. The molecule has 0 saturated heterocycles. The zero-order chi connectivity index (χ0) is 43.6. The molecule has 13 rings (SSSR count). The summed E-state index contributed by atoms with van der Waals surface area (Å²) in [4.78, 5) is 2.45. The molecule has 0 unspecified atom stereocenters. The van der Waals surface area contributed by atoms with Crippen molar-refractivity contribution in [2.45, 2.75) is 0 Å². The van der Waals surface area contributed by atoms with Crippen LogP contribution in [0.3, 0.4) is 0 Å². The van der Waals surface area contributed by atoms with Crippen molar-refractivity contribution in [3.05, 3.63) is 255 Å². The zero-order valence-corrected chi connectivity index (χ0v) is 36.1. The van der Waals surface area contributed by atoms with Crippen molar-refractivity contribution in [3.63, 3.8) is 0 Å². The number of rotatable bonds is 7. The molecule has 2 aromatic heterocycles. The van der Waals surface area contributed by atoms with Gasteiger partial charge in [0, 0.05) is 33.4 Å². The molecule has 0 aliphatic carbocycles. The van der Waals surface area contributed by atoms with Crippen LogP contribution >= 0.6 is 0 Å². The number of fused-ring (bicyclic) bond motifs is 10. The molecule has 0 aliphatic heterocycles. The SMILES string of the molecule is c1ccc(-c2cc(-c3ccccc3)cc(N(c3ccc(-c4c5ccccc5cc5c(-c6ccccc6)c6ccccc6n45)cc3)c3ccc4c5ccccc5c5ccccc5c4c3)c2)cc1. The third-order valence-corrected chi connectivity index (χ3v) is 13.5. The van der Waals surface area contributed by atoms with Crippen LogP contribution in [0.5, 0.6) is 0 Å². The van der Waals surface area contributed by atoms with E-state index in [4.69, 9.17) is 0 Å². The number of hydrogen-bond donors (Lipinski definition) is 0. The Bertz CT molecular complexity index is 3870. The van der Waals surface area contributed by atoms with E-state index in [1.54, 1.807) is 0 Å². The molecule has 0 N–H and O–H groups in total. The monoisotopic (exact) mass is 838 g/mol. The van der Waals surface area contributed by atoms with Crippen LogP contribution in [-0.2, 0) is 0 Å². The molecule has 0 atom stereocenters. The van der Waals surface area contributed by atoms with E-state index in [1.807, 2.05) is 0 Å². The average Bonchev–Trinajstić information content (AvgIpc) is 3.72. The molecule has 0 aliphatic rings. The fourth-order valence-corrected chi connectivity index (χ4v) is 10.5. The predicted molar refractivity (Wildman–Crippen MR) is 281 cm³/mol. The predicted octanol–water partition coefficient (Wildman–Crippen LogP) is 17.8. The fraction of sp³-hybridized carbons (Fsp3) is 0. The van der Waals surface area contributed by atoms with Gasteiger partial charge in [-0.1, -0.05) is 200 Å². The van der Waals surface area contributed by atoms with Gasteiger partial charge in [0.1, 0.15) is 0 Å². The summed E-state index contributed by atoms with van der Waals surface area (Å²) in [7, 11) is 0. The highest BCUT2D eigenvalue weighted by Crippen LogP contribution is 2.45. The summed E-state index contributed by atoms with van der Waals surface area (Å²) < 4.78 is 2.49. The summed E-state index contributed by atoms with van der Waals surface area (Å²) in [6.45, 7) is 0. The lowest BCUT2D eigenvalue weighted by Gasteiger charge is -2.28. The molecule has 0 spiro atoms. The largest absolute Gasteiger partial charge is 0.310 e. The van der Waals surface area contributed by atoms with Gasteiger partial charge in [0.25, 0.3) is 0 Å². The summed E-state index contributed by atoms with van der Waals surface area (Å²) in [6.07, 6.45) is 0. The third-order valence-electron chi connectivity index (χ3n) is 13.5. The highest BCUT2D eigenvalue weighted by atomic mass is 15.1. The van der Waals surface area contributed by atoms with Crippen molar-refractivity contribution >= 4 is 76.6 Å². The van der Waals surface area contributed by atoms with E-state index >= 15 is 0 Å². The average molecular weight is 839 g/mol. The van der Waals surface area contributed by atoms with Crippen LogP contribution in [0, 0.1) is 0 Å². The molecular formula is C64H42N2. The maximum absolute atomic E-state index is 2.49. The Labute approximate surface area is 383 Å². The van der Waals surface area contributed by atoms with Crippen molar-refractivity contribution in [2.24, 2.45) is 0 Å². The van der Waals surface area contributed by atoms with Crippen molar-refractivity contribution < 1.29 is 0 Å². The van der Waals surface area contributed by atoms with Gasteiger partial charge in [-0.25, -0.2) is 0 Å². The molecule has 66 heavy (non-hydrogen) atoms. The topological polar surface area (TPSA) is 7.65 Å². The zero-order valence-electron chi connectivity index (χ0n) is 36.1. The van der Waals surface area contributed by atoms with Gasteiger partial charge in [0.05, 0.1) is 16.7 Å². The summed E-state index contributed by atoms with van der Waals surface area (Å²) in [5.41, 5.74) is 15.1. The van der Waals surface area contributed by atoms with E-state index < -0.39 is 0 Å². The van der Waals surface area contributed by atoms with Gasteiger partial charge < -0.3 is 9.30 Å². The quantitative estimate of drug-likeness (QED) is 0.145. The van der Waals surface area contributed by atoms with E-state index in [-0.39, 0.29) is 0 Å². The molecular weight excluding hydrogens is 797 g/mol. The van der Waals surface area contributed by atoms with Crippen LogP contribution < -0.4 is 4.90 Å². The molecule has 0 amide bonds. The minimum Gasteiger partial charge on any atom is -0.310 e. The highest BCUT2D eigenvalue weighted by Gasteiger charge is 2.22. The first-order valence-electron chi connectivity index (χ1n) is 22.8. The Balaban J connectivity index is 1.06. The highest BCUT2D eigenvalue weighted by molar-refractivity contribution is 6.26. The van der Waals surface area contributed by atoms with Gasteiger partial charge in [-0.2, -0.15) is 0 Å². The number of para-hydroxylation sites is 1. The summed E-state index contributed by atoms with van der Waals surface area (Å²) in [6, 6.07) is 93.4. The molecule has 0 radical (unpaired) electrons. The number of nitrogens with zero attached hydrogens (tertiary/aromatic N) is 2. The van der Waals surface area contributed by atoms with Crippen molar-refractivity contribution in [1.29, 1.82) is 0 Å². The van der Waals surface area contributed by atoms with E-state index in [9.17, 15) is 0 Å². The summed E-state index contributed by atoms with van der Waals surface area (Å²) in [5, 5.41) is 11.2. The van der Waals surface area contributed by atoms with Crippen LogP contribution in [0.2, 0.25) is 0 Å². The minimum absolute atomic E-state index is 1.08. The maximum atomic E-state index is 2.49. The molecule has 308 valence electrons. The van der Waals surface area contributed by atoms with Gasteiger partial charge >= 0.3 is 0 Å². The molecule has 0 saturated carbocycles. The van der Waals surface area contributed by atoms with Gasteiger partial charge in [-0.3, -0.25) is 0 Å². The molecule has 2 heterocycles. The van der Waals surface area contributed by atoms with Crippen LogP contribution in [0.15, 0.2) is 255 Å². The Morgan fingerprint density at radius 2 is 0.712 bits per heavy atom. The van der Waals surface area contributed by atoms with Crippen molar-refractivity contribution in [2.75, 3.05) is 4.90 Å². The first-order valence-corrected chi connectivity index (χ1v) is 22.8. The lowest BCUT2D eigenvalue weighted by atomic mass is 9.93. The second-order valence-corrected chi connectivity index (χ2v) is 17.3. The number of hydrogen-bond acceptors (Lipinski definition) is 1. The molecule has 11 aromatic carbocycles. The van der Waals surface area contributed by atoms with E-state index in [0.29, 0.717) is 0 Å². The Morgan fingerprint density at radius 1 is 0.242 bits per heavy atom. The smallest absolute Gasteiger partial charge is 0.0612 e. The van der Waals surface area contributed by atoms with Crippen molar-refractivity contribution in [1.82, 2.24) is 4.40 Å². The van der Waals surface area contributed by atoms with Crippen LogP contribution in [0.4, 0.5) is 17.1 Å². The number of benzene rings is 11. The molecule has 2 nitrogen and oxygen atoms in total. The number of pyridine rings is 1. The van der Waals surface area contributed by atoms with Crippen molar-refractivity contribution in [3.8, 4) is 44.6 Å². The van der Waals surface area contributed by atoms with Gasteiger partial charge in [0.2, 0.25) is 0 Å². The van der Waals surface area contributed by atoms with Crippen LogP contribution in [0.1, 0.15) is 0 Å². The molecule has 0 bridgehead atoms. The van der Waals surface area contributed by atoms with Crippen LogP contribution in [0.25, 0.3) is 104 Å². The maximum Gasteiger partial charge on any atom is 0.0612 e. The summed E-state index contributed by atoms with van der Waals surface area (Å²) in [5.74, 6) is 0. The third kappa shape index (κ3) is 6.18. The lowest BCUT2D eigenvalue weighted by molar-refractivity contribution is 1.27. The second kappa shape index (κ2) is 15.5. The molecule has 13 aromatic rings. The standard InChI is InChI=1S/C64H42N2/c1-4-18-43(19-5-1)48-38-49(44-20-6-2-7-21-44)40-52(39-48)65(51-36-37-58-56-28-13-12-26-54(56)55-27-14-15-29-57(55)60(58)42-51)50-34-32-46(33-35-50)64-53-25-11-10-24-47(53)41-62-63(45-22-8-3-9-23-45)59-30-16-17-31-61(59)66(62)64/h1-42H. The Kier molecular flexibility index (Phi) is 8.89. The Hall–Kier alpha value is -8.72. The lowest BCUT2D eigenvalue weighted by Crippen LogP contribution is -2.10. The van der Waals surface area contributed by atoms with E-state index in [0.717, 1.165) is 33.8 Å². The first kappa shape index (κ1) is 37.8. The normalized spacial score (nSPS) is 11.6. The van der Waals surface area contributed by atoms with Gasteiger partial charge in [-0.05, 0) is 126 Å². The van der Waals surface area contributed by atoms with Crippen LogP contribution in [-0.4, -0.2) is 4.40 Å². The molecule has 2 heteroatoms. The fourth-order valence-electron chi connectivity index (χ4n) is 10.5. The first-order chi connectivity index (χ1) is 32.7. The number of aromatic nitrogens is 1. The Morgan fingerprint density at radius 3 is 1.32 bits per heavy atom. The van der Waals surface area contributed by atoms with E-state index in [2.05, 4.69) is 264 Å².